The van der Waals surface area contributed by atoms with Crippen molar-refractivity contribution in [3.63, 3.8) is 0 Å². The Kier molecular flexibility index (Phi) is 5.55. The number of benzene rings is 2. The maximum absolute atomic E-state index is 11.9. The molecule has 8 heteroatoms. The van der Waals surface area contributed by atoms with Crippen LogP contribution in [0.5, 0.6) is 0 Å². The van der Waals surface area contributed by atoms with Crippen molar-refractivity contribution in [2.75, 3.05) is 11.5 Å². The average molecular weight is 364 g/mol. The van der Waals surface area contributed by atoms with Crippen LogP contribution in [0.1, 0.15) is 36.0 Å². The zero-order valence-corrected chi connectivity index (χ0v) is 14.7. The molecule has 3 rings (SSSR count). The Labute approximate surface area is 156 Å². The molecule has 1 aliphatic carbocycles. The lowest BCUT2D eigenvalue weighted by Gasteiger charge is -2.11. The highest BCUT2D eigenvalue weighted by molar-refractivity contribution is 6.04. The van der Waals surface area contributed by atoms with E-state index in [2.05, 4.69) is 20.5 Å². The van der Waals surface area contributed by atoms with E-state index in [0.29, 0.717) is 5.69 Å². The summed E-state index contributed by atoms with van der Waals surface area (Å²) in [7, 11) is 0. The first-order chi connectivity index (χ1) is 13.1. The van der Waals surface area contributed by atoms with E-state index in [1.54, 1.807) is 24.3 Å². The molecule has 0 fully saturated rings. The summed E-state index contributed by atoms with van der Waals surface area (Å²) in [5.41, 5.74) is 13.4. The summed E-state index contributed by atoms with van der Waals surface area (Å²) in [6.07, 6.45) is 5.89. The molecule has 1 aliphatic rings. The molecule has 0 atom stereocenters. The quantitative estimate of drug-likeness (QED) is 0.475. The van der Waals surface area contributed by atoms with Crippen LogP contribution >= 0.6 is 0 Å². The Morgan fingerprint density at radius 1 is 0.926 bits per heavy atom. The minimum absolute atomic E-state index is 0.00660. The number of nitrogens with two attached hydrogens (primary N) is 2. The third-order valence-electron chi connectivity index (χ3n) is 4.11. The van der Waals surface area contributed by atoms with Crippen LogP contribution in [-0.2, 0) is 0 Å². The number of allylic oxidation sites excluding steroid dienone is 2. The molecule has 0 radical (unpaired) electrons. The number of hydrogen-bond acceptors (Lipinski definition) is 7. The molecule has 2 aromatic rings. The van der Waals surface area contributed by atoms with E-state index < -0.39 is 5.97 Å². The molecule has 138 valence electrons. The number of carboxylic acids is 1. The van der Waals surface area contributed by atoms with Gasteiger partial charge in [-0.2, -0.15) is 10.2 Å². The first-order valence-corrected chi connectivity index (χ1v) is 8.59. The van der Waals surface area contributed by atoms with Crippen molar-refractivity contribution in [2.45, 2.75) is 25.7 Å². The van der Waals surface area contributed by atoms with Crippen LogP contribution in [0.2, 0.25) is 0 Å². The van der Waals surface area contributed by atoms with Gasteiger partial charge in [-0.25, -0.2) is 4.79 Å². The molecule has 0 saturated heterocycles. The van der Waals surface area contributed by atoms with Gasteiger partial charge in [-0.05, 0) is 43.9 Å². The summed E-state index contributed by atoms with van der Waals surface area (Å²) >= 11 is 0. The lowest BCUT2D eigenvalue weighted by Crippen LogP contribution is -2.03. The lowest BCUT2D eigenvalue weighted by atomic mass is 10.1. The molecular weight excluding hydrogens is 344 g/mol. The van der Waals surface area contributed by atoms with Crippen molar-refractivity contribution in [3.8, 4) is 0 Å². The number of nitrogen functional groups attached to an aromatic ring is 2. The fourth-order valence-electron chi connectivity index (χ4n) is 2.75. The molecule has 0 unspecified atom stereocenters. The molecule has 0 aromatic heterocycles. The average Bonchev–Trinajstić information content (AvgIpc) is 2.67. The topological polar surface area (TPSA) is 139 Å². The number of carboxylic acid groups (broad SMARTS) is 1. The molecule has 0 spiro atoms. The van der Waals surface area contributed by atoms with Gasteiger partial charge in [-0.1, -0.05) is 24.3 Å². The Hall–Kier alpha value is -3.55. The number of nitrogens with zero attached hydrogens (tertiary/aromatic N) is 4. The van der Waals surface area contributed by atoms with Crippen molar-refractivity contribution in [1.82, 2.24) is 0 Å². The predicted molar refractivity (Wildman–Crippen MR) is 104 cm³/mol. The first kappa shape index (κ1) is 18.2. The molecular formula is C19H20N6O2. The monoisotopic (exact) mass is 364 g/mol. The maximum Gasteiger partial charge on any atom is 0.340 e. The Morgan fingerprint density at radius 3 is 2.19 bits per heavy atom. The second kappa shape index (κ2) is 8.22. The fraction of sp³-hybridized carbons (Fsp3) is 0.211. The molecule has 0 bridgehead atoms. The summed E-state index contributed by atoms with van der Waals surface area (Å²) in [4.78, 5) is 11.9. The van der Waals surface area contributed by atoms with Crippen LogP contribution in [0.25, 0.3) is 0 Å². The molecule has 27 heavy (non-hydrogen) atoms. The van der Waals surface area contributed by atoms with E-state index in [1.165, 1.54) is 6.07 Å². The van der Waals surface area contributed by atoms with Crippen LogP contribution in [0.3, 0.4) is 0 Å². The third-order valence-corrected chi connectivity index (χ3v) is 4.11. The minimum Gasteiger partial charge on any atom is -0.478 e. The van der Waals surface area contributed by atoms with E-state index in [9.17, 15) is 9.90 Å². The van der Waals surface area contributed by atoms with Crippen molar-refractivity contribution in [2.24, 2.45) is 20.5 Å². The van der Waals surface area contributed by atoms with E-state index in [-0.39, 0.29) is 28.3 Å². The Morgan fingerprint density at radius 2 is 1.59 bits per heavy atom. The van der Waals surface area contributed by atoms with Gasteiger partial charge in [0.1, 0.15) is 16.9 Å². The Balaban J connectivity index is 2.05. The van der Waals surface area contributed by atoms with Crippen LogP contribution in [0.4, 0.5) is 28.4 Å². The highest BCUT2D eigenvalue weighted by Gasteiger charge is 2.22. The molecule has 0 aliphatic heterocycles. The van der Waals surface area contributed by atoms with Gasteiger partial charge in [0.2, 0.25) is 0 Å². The van der Waals surface area contributed by atoms with Crippen LogP contribution < -0.4 is 11.5 Å². The van der Waals surface area contributed by atoms with Gasteiger partial charge in [0.05, 0.1) is 22.8 Å². The van der Waals surface area contributed by atoms with Crippen molar-refractivity contribution in [1.29, 1.82) is 0 Å². The zero-order valence-electron chi connectivity index (χ0n) is 14.7. The van der Waals surface area contributed by atoms with E-state index in [4.69, 9.17) is 11.5 Å². The minimum atomic E-state index is -1.25. The smallest absolute Gasteiger partial charge is 0.340 e. The summed E-state index contributed by atoms with van der Waals surface area (Å²) in [6.45, 7) is 0. The predicted octanol–water partition coefficient (Wildman–Crippen LogP) is 5.51. The van der Waals surface area contributed by atoms with Gasteiger partial charge in [-0.3, -0.25) is 0 Å². The van der Waals surface area contributed by atoms with Gasteiger partial charge in [0.15, 0.2) is 0 Å². The van der Waals surface area contributed by atoms with Crippen LogP contribution in [0, 0.1) is 0 Å². The number of carbonyl (C=O) groups is 1. The Bertz CT molecular complexity index is 935. The summed E-state index contributed by atoms with van der Waals surface area (Å²) < 4.78 is 0. The number of azo groups is 2. The van der Waals surface area contributed by atoms with Gasteiger partial charge >= 0.3 is 5.97 Å². The van der Waals surface area contributed by atoms with Gasteiger partial charge in [0.25, 0.3) is 0 Å². The van der Waals surface area contributed by atoms with Crippen molar-refractivity contribution >= 4 is 34.4 Å². The summed E-state index contributed by atoms with van der Waals surface area (Å²) in [6, 6.07) is 10.4. The van der Waals surface area contributed by atoms with Crippen LogP contribution in [-0.4, -0.2) is 11.1 Å². The fourth-order valence-corrected chi connectivity index (χ4v) is 2.75. The van der Waals surface area contributed by atoms with Gasteiger partial charge in [-0.15, -0.1) is 10.2 Å². The summed E-state index contributed by atoms with van der Waals surface area (Å²) in [5.74, 6) is -1.25. The van der Waals surface area contributed by atoms with E-state index in [1.807, 2.05) is 12.1 Å². The highest BCUT2D eigenvalue weighted by Crippen LogP contribution is 2.40. The third kappa shape index (κ3) is 4.35. The standard InChI is InChI=1S/C19H20N6O2/c20-14-11-15(21)18(25-23-13-9-5-2-6-10-13)16(19(26)27)17(14)24-22-12-7-3-1-4-8-12/h1,3-4,7-9,11H,2,5-6,10,20-21H2,(H,26,27). The molecule has 0 saturated carbocycles. The normalized spacial score (nSPS) is 14.6. The van der Waals surface area contributed by atoms with Gasteiger partial charge < -0.3 is 16.6 Å². The SMILES string of the molecule is Nc1cc(N)c(N=Nc2ccccc2)c(C(=O)O)c1N=NC1=CCCCC1. The van der Waals surface area contributed by atoms with Gasteiger partial charge in [0, 0.05) is 0 Å². The van der Waals surface area contributed by atoms with E-state index in [0.717, 1.165) is 31.4 Å². The summed E-state index contributed by atoms with van der Waals surface area (Å²) in [5, 5.41) is 26.1. The number of anilines is 2. The molecule has 8 nitrogen and oxygen atoms in total. The molecule has 5 N–H and O–H groups in total. The van der Waals surface area contributed by atoms with Crippen LogP contribution in [0.15, 0.2) is 68.6 Å². The number of aromatic carboxylic acids is 1. The highest BCUT2D eigenvalue weighted by atomic mass is 16.4. The number of rotatable bonds is 5. The first-order valence-electron chi connectivity index (χ1n) is 8.59. The lowest BCUT2D eigenvalue weighted by molar-refractivity contribution is 0.0698. The molecule has 2 aromatic carbocycles. The maximum atomic E-state index is 11.9. The number of hydrogen-bond donors (Lipinski definition) is 3. The largest absolute Gasteiger partial charge is 0.478 e. The second-order valence-electron chi connectivity index (χ2n) is 6.11. The van der Waals surface area contributed by atoms with Crippen molar-refractivity contribution in [3.05, 3.63) is 53.7 Å². The molecule has 0 amide bonds. The van der Waals surface area contributed by atoms with Crippen molar-refractivity contribution < 1.29 is 9.90 Å². The molecule has 0 heterocycles. The zero-order chi connectivity index (χ0) is 19.2. The second-order valence-corrected chi connectivity index (χ2v) is 6.11. The van der Waals surface area contributed by atoms with E-state index >= 15 is 0 Å².